The van der Waals surface area contributed by atoms with Crippen LogP contribution in [0.1, 0.15) is 69.9 Å². The summed E-state index contributed by atoms with van der Waals surface area (Å²) in [6, 6.07) is 21.0. The van der Waals surface area contributed by atoms with Crippen LogP contribution in [0, 0.1) is 5.82 Å². The highest BCUT2D eigenvalue weighted by Crippen LogP contribution is 2.33. The summed E-state index contributed by atoms with van der Waals surface area (Å²) < 4.78 is 21.3. The standard InChI is InChI=1S/C38H40FN3O5/c1-38(2,3)47-34(45)23-28(25-9-5-4-6-10-25)37(46)42-20-7-11-31(42)32(43)22-24-13-18-30-29(21-24)35(39)36(40-30)26-14-16-27(17-15-26)41-19-8-12-33(41)44/h4-6,9-10,13-18,21,28,31,40H,7-8,11-12,19-20,22-23H2,1-3H3/t28-,31+/m1/s1. The molecule has 6 rings (SSSR count). The number of carbonyl (C=O) groups is 4. The zero-order valence-corrected chi connectivity index (χ0v) is 27.1. The van der Waals surface area contributed by atoms with Crippen LogP contribution in [-0.2, 0) is 30.3 Å². The van der Waals surface area contributed by atoms with E-state index < -0.39 is 29.3 Å². The number of ether oxygens (including phenoxy) is 1. The van der Waals surface area contributed by atoms with E-state index in [4.69, 9.17) is 4.74 Å². The van der Waals surface area contributed by atoms with Gasteiger partial charge in [0.05, 0.1) is 24.1 Å². The number of rotatable bonds is 9. The molecule has 1 N–H and O–H groups in total. The van der Waals surface area contributed by atoms with Crippen LogP contribution in [0.25, 0.3) is 22.2 Å². The lowest BCUT2D eigenvalue weighted by atomic mass is 9.93. The first-order chi connectivity index (χ1) is 22.5. The van der Waals surface area contributed by atoms with Gasteiger partial charge in [0.15, 0.2) is 11.6 Å². The van der Waals surface area contributed by atoms with Crippen molar-refractivity contribution in [3.63, 3.8) is 0 Å². The van der Waals surface area contributed by atoms with Crippen LogP contribution >= 0.6 is 0 Å². The van der Waals surface area contributed by atoms with Gasteiger partial charge in [-0.15, -0.1) is 0 Å². The number of likely N-dealkylation sites (tertiary alicyclic amines) is 1. The molecule has 0 bridgehead atoms. The second-order valence-corrected chi connectivity index (χ2v) is 13.5. The van der Waals surface area contributed by atoms with E-state index in [1.807, 2.05) is 42.5 Å². The van der Waals surface area contributed by atoms with E-state index in [0.29, 0.717) is 65.6 Å². The zero-order chi connectivity index (χ0) is 33.3. The Morgan fingerprint density at radius 2 is 1.72 bits per heavy atom. The zero-order valence-electron chi connectivity index (χ0n) is 27.1. The maximum atomic E-state index is 15.8. The molecular formula is C38H40FN3O5. The summed E-state index contributed by atoms with van der Waals surface area (Å²) in [7, 11) is 0. The van der Waals surface area contributed by atoms with Crippen LogP contribution in [0.2, 0.25) is 0 Å². The van der Waals surface area contributed by atoms with Crippen LogP contribution in [0.3, 0.4) is 0 Å². The molecule has 2 fully saturated rings. The summed E-state index contributed by atoms with van der Waals surface area (Å²) in [5, 5.41) is 0.380. The first-order valence-corrected chi connectivity index (χ1v) is 16.3. The molecule has 0 radical (unpaired) electrons. The Labute approximate surface area is 273 Å². The summed E-state index contributed by atoms with van der Waals surface area (Å²) in [6.45, 7) is 6.47. The van der Waals surface area contributed by atoms with E-state index in [1.165, 1.54) is 0 Å². The normalized spacial score (nSPS) is 17.4. The molecule has 0 saturated carbocycles. The van der Waals surface area contributed by atoms with Crippen LogP contribution in [0.15, 0.2) is 72.8 Å². The van der Waals surface area contributed by atoms with E-state index in [0.717, 1.165) is 12.1 Å². The molecule has 3 heterocycles. The molecule has 2 amide bonds. The lowest BCUT2D eigenvalue weighted by Crippen LogP contribution is -2.44. The average Bonchev–Trinajstić information content (AvgIpc) is 3.78. The van der Waals surface area contributed by atoms with Crippen molar-refractivity contribution in [1.29, 1.82) is 0 Å². The molecule has 2 aliphatic rings. The van der Waals surface area contributed by atoms with Gasteiger partial charge in [-0.3, -0.25) is 19.2 Å². The third-order valence-electron chi connectivity index (χ3n) is 8.92. The van der Waals surface area contributed by atoms with Crippen molar-refractivity contribution in [1.82, 2.24) is 9.88 Å². The second-order valence-electron chi connectivity index (χ2n) is 13.5. The quantitative estimate of drug-likeness (QED) is 0.206. The molecule has 47 heavy (non-hydrogen) atoms. The summed E-state index contributed by atoms with van der Waals surface area (Å²) in [6.07, 6.45) is 2.51. The number of esters is 1. The fourth-order valence-electron chi connectivity index (χ4n) is 6.71. The Kier molecular flexibility index (Phi) is 8.99. The number of aromatic amines is 1. The summed E-state index contributed by atoms with van der Waals surface area (Å²) in [5.41, 5.74) is 3.07. The van der Waals surface area contributed by atoms with Crippen molar-refractivity contribution in [3.05, 3.63) is 89.7 Å². The van der Waals surface area contributed by atoms with Crippen LogP contribution in [0.4, 0.5) is 10.1 Å². The van der Waals surface area contributed by atoms with Gasteiger partial charge in [0.2, 0.25) is 11.8 Å². The minimum Gasteiger partial charge on any atom is -0.460 e. The number of nitrogens with one attached hydrogen (secondary N) is 1. The SMILES string of the molecule is CC(C)(C)OC(=O)C[C@@H](C(=O)N1CCC[C@H]1C(=O)Cc1ccc2[nH]c(-c3ccc(N4CCCC4=O)cc3)c(F)c2c1)c1ccccc1. The van der Waals surface area contributed by atoms with Crippen molar-refractivity contribution in [2.24, 2.45) is 0 Å². The highest BCUT2D eigenvalue weighted by atomic mass is 19.1. The van der Waals surface area contributed by atoms with E-state index in [-0.39, 0.29) is 30.4 Å². The number of amides is 2. The topological polar surface area (TPSA) is 99.8 Å². The number of carbonyl (C=O) groups excluding carboxylic acids is 4. The highest BCUT2D eigenvalue weighted by molar-refractivity contribution is 5.97. The molecule has 0 aliphatic carbocycles. The molecule has 4 aromatic rings. The van der Waals surface area contributed by atoms with Gasteiger partial charge >= 0.3 is 5.97 Å². The van der Waals surface area contributed by atoms with Gasteiger partial charge in [-0.05, 0) is 75.4 Å². The molecule has 244 valence electrons. The number of ketones is 1. The van der Waals surface area contributed by atoms with Gasteiger partial charge in [-0.25, -0.2) is 4.39 Å². The molecule has 8 nitrogen and oxygen atoms in total. The average molecular weight is 638 g/mol. The molecule has 0 spiro atoms. The number of hydrogen-bond donors (Lipinski definition) is 1. The Morgan fingerprint density at radius 1 is 0.979 bits per heavy atom. The fraction of sp³-hybridized carbons (Fsp3) is 0.368. The van der Waals surface area contributed by atoms with Gasteiger partial charge in [0, 0.05) is 48.1 Å². The van der Waals surface area contributed by atoms with E-state index in [9.17, 15) is 19.2 Å². The van der Waals surface area contributed by atoms with E-state index >= 15 is 4.39 Å². The Bertz CT molecular complexity index is 1810. The van der Waals surface area contributed by atoms with E-state index in [1.54, 1.807) is 60.9 Å². The summed E-state index contributed by atoms with van der Waals surface area (Å²) >= 11 is 0. The number of Topliss-reactive ketones (excluding diaryl/α,β-unsaturated/α-hetero) is 1. The largest absolute Gasteiger partial charge is 0.460 e. The Morgan fingerprint density at radius 3 is 2.40 bits per heavy atom. The van der Waals surface area contributed by atoms with Crippen LogP contribution in [0.5, 0.6) is 0 Å². The summed E-state index contributed by atoms with van der Waals surface area (Å²) in [5.74, 6) is -1.95. The molecule has 2 aliphatic heterocycles. The Balaban J connectivity index is 1.18. The third-order valence-corrected chi connectivity index (χ3v) is 8.92. The minimum atomic E-state index is -0.770. The molecule has 0 unspecified atom stereocenters. The van der Waals surface area contributed by atoms with Crippen LogP contribution < -0.4 is 4.90 Å². The van der Waals surface area contributed by atoms with Gasteiger partial charge in [0.25, 0.3) is 0 Å². The van der Waals surface area contributed by atoms with Gasteiger partial charge < -0.3 is 19.5 Å². The number of hydrogen-bond acceptors (Lipinski definition) is 5. The van der Waals surface area contributed by atoms with Gasteiger partial charge in [-0.2, -0.15) is 0 Å². The maximum Gasteiger partial charge on any atom is 0.307 e. The van der Waals surface area contributed by atoms with Gasteiger partial charge in [-0.1, -0.05) is 48.5 Å². The first kappa shape index (κ1) is 32.2. The van der Waals surface area contributed by atoms with Crippen molar-refractivity contribution < 1.29 is 28.3 Å². The number of fused-ring (bicyclic) bond motifs is 1. The number of benzene rings is 3. The molecular weight excluding hydrogens is 597 g/mol. The van der Waals surface area contributed by atoms with Crippen molar-refractivity contribution >= 4 is 40.2 Å². The van der Waals surface area contributed by atoms with Crippen molar-refractivity contribution in [2.75, 3.05) is 18.0 Å². The lowest BCUT2D eigenvalue weighted by molar-refractivity contribution is -0.157. The predicted molar refractivity (Wildman–Crippen MR) is 178 cm³/mol. The van der Waals surface area contributed by atoms with Crippen molar-refractivity contribution in [3.8, 4) is 11.3 Å². The highest BCUT2D eigenvalue weighted by Gasteiger charge is 2.38. The van der Waals surface area contributed by atoms with Crippen LogP contribution in [-0.4, -0.2) is 58.2 Å². The predicted octanol–water partition coefficient (Wildman–Crippen LogP) is 6.72. The fourth-order valence-corrected chi connectivity index (χ4v) is 6.71. The smallest absolute Gasteiger partial charge is 0.307 e. The third kappa shape index (κ3) is 6.99. The molecule has 2 saturated heterocycles. The minimum absolute atomic E-state index is 0.0466. The second kappa shape index (κ2) is 13.1. The number of H-pyrrole nitrogens is 1. The van der Waals surface area contributed by atoms with E-state index in [2.05, 4.69) is 4.98 Å². The molecule has 2 atom stereocenters. The first-order valence-electron chi connectivity index (χ1n) is 16.3. The summed E-state index contributed by atoms with van der Waals surface area (Å²) in [4.78, 5) is 59.1. The number of halogens is 1. The number of aromatic nitrogens is 1. The van der Waals surface area contributed by atoms with Gasteiger partial charge in [0.1, 0.15) is 5.60 Å². The number of anilines is 1. The molecule has 1 aromatic heterocycles. The monoisotopic (exact) mass is 637 g/mol. The maximum absolute atomic E-state index is 15.8. The Hall–Kier alpha value is -4.79. The molecule has 3 aromatic carbocycles. The van der Waals surface area contributed by atoms with Crippen molar-refractivity contribution in [2.45, 2.75) is 76.9 Å². The molecule has 9 heteroatoms. The number of nitrogens with zero attached hydrogens (tertiary/aromatic N) is 2. The lowest BCUT2D eigenvalue weighted by Gasteiger charge is -2.29.